The van der Waals surface area contributed by atoms with Crippen molar-refractivity contribution < 1.29 is 0 Å². The van der Waals surface area contributed by atoms with Crippen molar-refractivity contribution in [2.75, 3.05) is 13.6 Å². The molecule has 0 saturated carbocycles. The normalized spacial score (nSPS) is 11.1. The Morgan fingerprint density at radius 1 is 0.893 bits per heavy atom. The molecule has 0 aliphatic heterocycles. The summed E-state index contributed by atoms with van der Waals surface area (Å²) in [6.45, 7) is 1.34. The van der Waals surface area contributed by atoms with E-state index < -0.39 is 0 Å². The summed E-state index contributed by atoms with van der Waals surface area (Å²) in [4.78, 5) is 4.33. The van der Waals surface area contributed by atoms with Gasteiger partial charge in [0, 0.05) is 26.1 Å². The monoisotopic (exact) mass is 368 g/mol. The van der Waals surface area contributed by atoms with Crippen molar-refractivity contribution in [3.8, 4) is 6.07 Å². The van der Waals surface area contributed by atoms with E-state index >= 15 is 0 Å². The molecule has 0 aromatic heterocycles. The van der Waals surface area contributed by atoms with Gasteiger partial charge in [0.25, 0.3) is 0 Å². The van der Waals surface area contributed by atoms with Crippen LogP contribution in [0.15, 0.2) is 89.9 Å². The van der Waals surface area contributed by atoms with Gasteiger partial charge in [0.1, 0.15) is 0 Å². The first kappa shape index (κ1) is 19.2. The van der Waals surface area contributed by atoms with E-state index in [0.717, 1.165) is 18.1 Å². The summed E-state index contributed by atoms with van der Waals surface area (Å²) < 4.78 is 0. The third-order valence-corrected chi connectivity index (χ3v) is 4.62. The van der Waals surface area contributed by atoms with Crippen LogP contribution in [0.3, 0.4) is 0 Å². The summed E-state index contributed by atoms with van der Waals surface area (Å²) in [6.07, 6.45) is 0. The highest BCUT2D eigenvalue weighted by Crippen LogP contribution is 2.23. The topological polar surface area (TPSA) is 60.2 Å². The van der Waals surface area contributed by atoms with Gasteiger partial charge in [-0.25, -0.2) is 0 Å². The zero-order valence-corrected chi connectivity index (χ0v) is 16.0. The summed E-state index contributed by atoms with van der Waals surface area (Å²) in [5, 5.41) is 15.8. The summed E-state index contributed by atoms with van der Waals surface area (Å²) in [5.74, 6) is 0.960. The van der Waals surface area contributed by atoms with Crippen molar-refractivity contribution in [3.05, 3.63) is 107 Å². The lowest BCUT2D eigenvalue weighted by Gasteiger charge is -2.20. The van der Waals surface area contributed by atoms with Crippen LogP contribution in [0.4, 0.5) is 0 Å². The van der Waals surface area contributed by atoms with Crippen LogP contribution in [0, 0.1) is 11.3 Å². The fraction of sp³-hybridized carbons (Fsp3) is 0.167. The van der Waals surface area contributed by atoms with Crippen LogP contribution in [0.25, 0.3) is 0 Å². The zero-order valence-electron chi connectivity index (χ0n) is 16.0. The van der Waals surface area contributed by atoms with E-state index in [9.17, 15) is 0 Å². The quantitative estimate of drug-likeness (QED) is 0.510. The molecule has 0 atom stereocenters. The number of nitrogens with zero attached hydrogens (tertiary/aromatic N) is 2. The highest BCUT2D eigenvalue weighted by atomic mass is 15.2. The number of benzene rings is 3. The molecule has 0 unspecified atom stereocenters. The van der Waals surface area contributed by atoms with Crippen molar-refractivity contribution in [2.24, 2.45) is 4.99 Å². The minimum Gasteiger partial charge on any atom is -0.355 e. The fourth-order valence-electron chi connectivity index (χ4n) is 3.15. The van der Waals surface area contributed by atoms with Crippen LogP contribution >= 0.6 is 0 Å². The highest BCUT2D eigenvalue weighted by molar-refractivity contribution is 5.79. The Morgan fingerprint density at radius 2 is 1.54 bits per heavy atom. The maximum atomic E-state index is 9.04. The number of guanidine groups is 1. The molecule has 2 N–H and O–H groups in total. The molecule has 0 saturated heterocycles. The van der Waals surface area contributed by atoms with Crippen molar-refractivity contribution in [2.45, 2.75) is 12.5 Å². The van der Waals surface area contributed by atoms with Gasteiger partial charge in [0.2, 0.25) is 0 Å². The predicted octanol–water partition coefficient (Wildman–Crippen LogP) is 4.06. The Hall–Kier alpha value is -3.58. The molecule has 4 nitrogen and oxygen atoms in total. The van der Waals surface area contributed by atoms with Crippen molar-refractivity contribution in [1.29, 1.82) is 5.26 Å². The third kappa shape index (κ3) is 5.21. The van der Waals surface area contributed by atoms with E-state index in [0.29, 0.717) is 12.1 Å². The van der Waals surface area contributed by atoms with Crippen LogP contribution < -0.4 is 10.6 Å². The number of nitrogens with one attached hydrogen (secondary N) is 2. The molecule has 3 aromatic carbocycles. The van der Waals surface area contributed by atoms with E-state index in [1.54, 1.807) is 13.1 Å². The number of hydrogen-bond acceptors (Lipinski definition) is 2. The lowest BCUT2D eigenvalue weighted by Crippen LogP contribution is -2.39. The van der Waals surface area contributed by atoms with Crippen LogP contribution in [-0.2, 0) is 6.54 Å². The molecule has 0 aliphatic rings. The molecule has 4 heteroatoms. The standard InChI is InChI=1S/C24H24N4/c1-26-24(27-17-20-10-8-9-19(15-20)16-25)28-18-23(21-11-4-2-5-12-21)22-13-6-3-7-14-22/h2-15,23H,17-18H2,1H3,(H2,26,27,28). The molecule has 0 radical (unpaired) electrons. The van der Waals surface area contributed by atoms with Crippen molar-refractivity contribution in [1.82, 2.24) is 10.6 Å². The first-order valence-electron chi connectivity index (χ1n) is 9.33. The Kier molecular flexibility index (Phi) is 6.81. The molecule has 0 spiro atoms. The molecule has 0 heterocycles. The Labute approximate surface area is 166 Å². The van der Waals surface area contributed by atoms with E-state index in [4.69, 9.17) is 5.26 Å². The molecular formula is C24H24N4. The van der Waals surface area contributed by atoms with Gasteiger partial charge in [-0.15, -0.1) is 0 Å². The molecule has 3 rings (SSSR count). The highest BCUT2D eigenvalue weighted by Gasteiger charge is 2.14. The third-order valence-electron chi connectivity index (χ3n) is 4.62. The van der Waals surface area contributed by atoms with Gasteiger partial charge in [-0.2, -0.15) is 5.26 Å². The molecule has 140 valence electrons. The van der Waals surface area contributed by atoms with Gasteiger partial charge in [-0.1, -0.05) is 72.8 Å². The maximum absolute atomic E-state index is 9.04. The van der Waals surface area contributed by atoms with E-state index in [2.05, 4.69) is 70.2 Å². The lowest BCUT2D eigenvalue weighted by atomic mass is 9.91. The summed E-state index contributed by atoms with van der Waals surface area (Å²) in [5.41, 5.74) is 4.23. The van der Waals surface area contributed by atoms with Crippen LogP contribution in [0.5, 0.6) is 0 Å². The molecule has 3 aromatic rings. The van der Waals surface area contributed by atoms with E-state index in [1.165, 1.54) is 11.1 Å². The molecule has 0 aliphatic carbocycles. The number of aliphatic imine (C=N–C) groups is 1. The van der Waals surface area contributed by atoms with Gasteiger partial charge in [0.05, 0.1) is 11.6 Å². The van der Waals surface area contributed by atoms with E-state index in [1.807, 2.05) is 30.3 Å². The molecule has 0 amide bonds. The van der Waals surface area contributed by atoms with Gasteiger partial charge in [0.15, 0.2) is 5.96 Å². The summed E-state index contributed by atoms with van der Waals surface area (Å²) in [6, 6.07) is 30.7. The first-order chi connectivity index (χ1) is 13.8. The zero-order chi connectivity index (χ0) is 19.6. The van der Waals surface area contributed by atoms with Crippen LogP contribution in [0.1, 0.15) is 28.2 Å². The molecule has 0 fully saturated rings. The average molecular weight is 368 g/mol. The Morgan fingerprint density at radius 3 is 2.11 bits per heavy atom. The number of rotatable bonds is 6. The van der Waals surface area contributed by atoms with Crippen molar-refractivity contribution in [3.63, 3.8) is 0 Å². The SMILES string of the molecule is CN=C(NCc1cccc(C#N)c1)NCC(c1ccccc1)c1ccccc1. The van der Waals surface area contributed by atoms with Gasteiger partial charge >= 0.3 is 0 Å². The first-order valence-corrected chi connectivity index (χ1v) is 9.33. The number of nitriles is 1. The van der Waals surface area contributed by atoms with E-state index in [-0.39, 0.29) is 5.92 Å². The minimum absolute atomic E-state index is 0.225. The second kappa shape index (κ2) is 9.94. The van der Waals surface area contributed by atoms with Crippen molar-refractivity contribution >= 4 is 5.96 Å². The average Bonchev–Trinajstić information content (AvgIpc) is 2.77. The fourth-order valence-corrected chi connectivity index (χ4v) is 3.15. The molecule has 0 bridgehead atoms. The van der Waals surface area contributed by atoms with Gasteiger partial charge in [-0.05, 0) is 28.8 Å². The van der Waals surface area contributed by atoms with Gasteiger partial charge < -0.3 is 10.6 Å². The minimum atomic E-state index is 0.225. The maximum Gasteiger partial charge on any atom is 0.191 e. The largest absolute Gasteiger partial charge is 0.355 e. The summed E-state index contributed by atoms with van der Waals surface area (Å²) >= 11 is 0. The van der Waals surface area contributed by atoms with Gasteiger partial charge in [-0.3, -0.25) is 4.99 Å². The Bertz CT molecular complexity index is 904. The van der Waals surface area contributed by atoms with Crippen LogP contribution in [-0.4, -0.2) is 19.6 Å². The molecular weight excluding hydrogens is 344 g/mol. The lowest BCUT2D eigenvalue weighted by molar-refractivity contribution is 0.728. The van der Waals surface area contributed by atoms with Crippen LogP contribution in [0.2, 0.25) is 0 Å². The predicted molar refractivity (Wildman–Crippen MR) is 114 cm³/mol. The smallest absolute Gasteiger partial charge is 0.191 e. The number of hydrogen-bond donors (Lipinski definition) is 2. The molecule has 28 heavy (non-hydrogen) atoms. The summed E-state index contributed by atoms with van der Waals surface area (Å²) in [7, 11) is 1.76. The Balaban J connectivity index is 1.67. The second-order valence-electron chi connectivity index (χ2n) is 6.49. The second-order valence-corrected chi connectivity index (χ2v) is 6.49.